The zero-order valence-corrected chi connectivity index (χ0v) is 10.8. The van der Waals surface area contributed by atoms with Crippen molar-refractivity contribution in [1.82, 2.24) is 19.3 Å². The van der Waals surface area contributed by atoms with E-state index in [1.54, 1.807) is 10.9 Å². The summed E-state index contributed by atoms with van der Waals surface area (Å²) >= 11 is 0. The molecule has 0 aromatic carbocycles. The highest BCUT2D eigenvalue weighted by Gasteiger charge is 2.14. The molecule has 0 spiro atoms. The number of ether oxygens (including phenoxy) is 1. The van der Waals surface area contributed by atoms with E-state index in [2.05, 4.69) is 10.1 Å². The highest BCUT2D eigenvalue weighted by molar-refractivity contribution is 5.87. The normalized spacial score (nSPS) is 10.6. The summed E-state index contributed by atoms with van der Waals surface area (Å²) in [5, 5.41) is 4.11. The molecular weight excluding hydrogens is 232 g/mol. The summed E-state index contributed by atoms with van der Waals surface area (Å²) in [6.45, 7) is 2.55. The average molecular weight is 248 g/mol. The molecule has 0 aliphatic heterocycles. The highest BCUT2D eigenvalue weighted by atomic mass is 16.5. The topological polar surface area (TPSA) is 61.9 Å². The van der Waals surface area contributed by atoms with Crippen LogP contribution in [0.25, 0.3) is 0 Å². The Morgan fingerprint density at radius 1 is 1.44 bits per heavy atom. The molecule has 0 bridgehead atoms. The third kappa shape index (κ3) is 2.42. The molecule has 0 saturated heterocycles. The van der Waals surface area contributed by atoms with E-state index in [9.17, 15) is 4.79 Å². The first kappa shape index (κ1) is 12.3. The zero-order valence-electron chi connectivity index (χ0n) is 10.8. The fourth-order valence-corrected chi connectivity index (χ4v) is 1.86. The number of nitrogens with zero attached hydrogens (tertiary/aromatic N) is 4. The predicted molar refractivity (Wildman–Crippen MR) is 65.2 cm³/mol. The summed E-state index contributed by atoms with van der Waals surface area (Å²) in [6, 6.07) is 0. The third-order valence-corrected chi connectivity index (χ3v) is 2.83. The van der Waals surface area contributed by atoms with Crippen molar-refractivity contribution in [2.75, 3.05) is 7.11 Å². The van der Waals surface area contributed by atoms with E-state index in [0.717, 1.165) is 17.8 Å². The lowest BCUT2D eigenvalue weighted by Gasteiger charge is -2.07. The van der Waals surface area contributed by atoms with Crippen LogP contribution in [0.4, 0.5) is 0 Å². The molecule has 0 fully saturated rings. The number of carbonyl (C=O) groups is 1. The number of hydrogen-bond acceptors (Lipinski definition) is 4. The number of carbonyl (C=O) groups excluding carboxylic acids is 1. The lowest BCUT2D eigenvalue weighted by Crippen LogP contribution is -2.13. The van der Waals surface area contributed by atoms with Crippen LogP contribution in [0, 0.1) is 6.92 Å². The predicted octanol–water partition coefficient (Wildman–Crippen LogP) is 0.954. The van der Waals surface area contributed by atoms with Gasteiger partial charge in [-0.05, 0) is 18.9 Å². The molecule has 0 N–H and O–H groups in total. The number of rotatable bonds is 4. The standard InChI is InChI=1S/C12H16N4O2/c1-9-13-7-11(12(17)18-3)16(9)5-4-10-6-14-15(2)8-10/h6-8H,4-5H2,1-3H3. The molecule has 0 atom stereocenters. The van der Waals surface area contributed by atoms with Crippen molar-refractivity contribution in [2.45, 2.75) is 19.9 Å². The largest absolute Gasteiger partial charge is 0.464 e. The average Bonchev–Trinajstić information content (AvgIpc) is 2.92. The van der Waals surface area contributed by atoms with E-state index in [-0.39, 0.29) is 5.97 Å². The summed E-state index contributed by atoms with van der Waals surface area (Å²) in [5.41, 5.74) is 1.61. The van der Waals surface area contributed by atoms with Crippen LogP contribution in [-0.4, -0.2) is 32.4 Å². The summed E-state index contributed by atoms with van der Waals surface area (Å²) in [5.74, 6) is 0.445. The van der Waals surface area contributed by atoms with Gasteiger partial charge in [0.25, 0.3) is 0 Å². The molecule has 0 radical (unpaired) electrons. The SMILES string of the molecule is COC(=O)c1cnc(C)n1CCc1cnn(C)c1. The van der Waals surface area contributed by atoms with Crippen molar-refractivity contribution < 1.29 is 9.53 Å². The Kier molecular flexibility index (Phi) is 3.45. The Bertz CT molecular complexity index is 556. The van der Waals surface area contributed by atoms with Crippen LogP contribution in [0.2, 0.25) is 0 Å². The van der Waals surface area contributed by atoms with Crippen LogP contribution in [-0.2, 0) is 24.8 Å². The van der Waals surface area contributed by atoms with Crippen molar-refractivity contribution in [3.8, 4) is 0 Å². The molecule has 6 nitrogen and oxygen atoms in total. The molecule has 18 heavy (non-hydrogen) atoms. The molecule has 2 rings (SSSR count). The second kappa shape index (κ2) is 5.03. The molecule has 0 aliphatic rings. The van der Waals surface area contributed by atoms with E-state index in [0.29, 0.717) is 12.2 Å². The number of hydrogen-bond donors (Lipinski definition) is 0. The molecule has 0 unspecified atom stereocenters. The maximum atomic E-state index is 11.6. The van der Waals surface area contributed by atoms with Gasteiger partial charge in [-0.15, -0.1) is 0 Å². The number of aromatic nitrogens is 4. The Morgan fingerprint density at radius 3 is 2.83 bits per heavy atom. The molecule has 2 heterocycles. The fourth-order valence-electron chi connectivity index (χ4n) is 1.86. The number of aryl methyl sites for hydroxylation is 3. The van der Waals surface area contributed by atoms with Gasteiger partial charge in [-0.2, -0.15) is 5.10 Å². The van der Waals surface area contributed by atoms with Crippen molar-refractivity contribution in [2.24, 2.45) is 7.05 Å². The van der Waals surface area contributed by atoms with Gasteiger partial charge >= 0.3 is 5.97 Å². The van der Waals surface area contributed by atoms with Crippen molar-refractivity contribution in [3.63, 3.8) is 0 Å². The zero-order chi connectivity index (χ0) is 13.1. The minimum absolute atomic E-state index is 0.359. The van der Waals surface area contributed by atoms with Crippen molar-refractivity contribution in [1.29, 1.82) is 0 Å². The van der Waals surface area contributed by atoms with Gasteiger partial charge in [-0.25, -0.2) is 9.78 Å². The smallest absolute Gasteiger partial charge is 0.356 e. The van der Waals surface area contributed by atoms with Gasteiger partial charge < -0.3 is 9.30 Å². The van der Waals surface area contributed by atoms with Crippen LogP contribution < -0.4 is 0 Å². The Labute approximate surface area is 105 Å². The van der Waals surface area contributed by atoms with Gasteiger partial charge in [0, 0.05) is 19.8 Å². The quantitative estimate of drug-likeness (QED) is 0.756. The van der Waals surface area contributed by atoms with Crippen LogP contribution >= 0.6 is 0 Å². The summed E-state index contributed by atoms with van der Waals surface area (Å²) in [4.78, 5) is 15.7. The van der Waals surface area contributed by atoms with Gasteiger partial charge in [0.05, 0.1) is 19.5 Å². The second-order valence-electron chi connectivity index (χ2n) is 4.11. The summed E-state index contributed by atoms with van der Waals surface area (Å²) in [7, 11) is 3.25. The van der Waals surface area contributed by atoms with Crippen LogP contribution in [0.3, 0.4) is 0 Å². The monoisotopic (exact) mass is 248 g/mol. The van der Waals surface area contributed by atoms with Crippen LogP contribution in [0.5, 0.6) is 0 Å². The number of methoxy groups -OCH3 is 1. The van der Waals surface area contributed by atoms with Gasteiger partial charge in [0.15, 0.2) is 0 Å². The molecule has 96 valence electrons. The van der Waals surface area contributed by atoms with Gasteiger partial charge in [-0.3, -0.25) is 4.68 Å². The van der Waals surface area contributed by atoms with Gasteiger partial charge in [-0.1, -0.05) is 0 Å². The van der Waals surface area contributed by atoms with E-state index in [4.69, 9.17) is 4.74 Å². The van der Waals surface area contributed by atoms with Crippen molar-refractivity contribution >= 4 is 5.97 Å². The van der Waals surface area contributed by atoms with Crippen LogP contribution in [0.15, 0.2) is 18.6 Å². The minimum atomic E-state index is -0.359. The first-order valence-electron chi connectivity index (χ1n) is 5.69. The van der Waals surface area contributed by atoms with E-state index < -0.39 is 0 Å². The molecule has 6 heteroatoms. The Balaban J connectivity index is 2.13. The van der Waals surface area contributed by atoms with Crippen molar-refractivity contribution in [3.05, 3.63) is 35.7 Å². The van der Waals surface area contributed by atoms with E-state index in [1.165, 1.54) is 7.11 Å². The minimum Gasteiger partial charge on any atom is -0.464 e. The molecule has 2 aromatic rings. The fraction of sp³-hybridized carbons (Fsp3) is 0.417. The molecule has 2 aromatic heterocycles. The van der Waals surface area contributed by atoms with E-state index >= 15 is 0 Å². The third-order valence-electron chi connectivity index (χ3n) is 2.83. The maximum absolute atomic E-state index is 11.6. The number of imidazole rings is 1. The first-order valence-corrected chi connectivity index (χ1v) is 5.69. The molecule has 0 aliphatic carbocycles. The lowest BCUT2D eigenvalue weighted by atomic mass is 10.2. The number of esters is 1. The lowest BCUT2D eigenvalue weighted by molar-refractivity contribution is 0.0588. The first-order chi connectivity index (χ1) is 8.61. The summed E-state index contributed by atoms with van der Waals surface area (Å²) in [6.07, 6.45) is 6.13. The highest BCUT2D eigenvalue weighted by Crippen LogP contribution is 2.09. The summed E-state index contributed by atoms with van der Waals surface area (Å²) < 4.78 is 8.35. The van der Waals surface area contributed by atoms with Gasteiger partial charge in [0.1, 0.15) is 11.5 Å². The Hall–Kier alpha value is -2.11. The maximum Gasteiger partial charge on any atom is 0.356 e. The Morgan fingerprint density at radius 2 is 2.22 bits per heavy atom. The molecule has 0 amide bonds. The van der Waals surface area contributed by atoms with Gasteiger partial charge in [0.2, 0.25) is 0 Å². The second-order valence-corrected chi connectivity index (χ2v) is 4.11. The molecular formula is C12H16N4O2. The van der Waals surface area contributed by atoms with Crippen LogP contribution in [0.1, 0.15) is 21.9 Å². The van der Waals surface area contributed by atoms with E-state index in [1.807, 2.05) is 30.9 Å². The molecule has 0 saturated carbocycles.